The van der Waals surface area contributed by atoms with E-state index in [0.29, 0.717) is 18.2 Å². The molecule has 7 heteroatoms. The SMILES string of the molecule is Fc1cc(-n2cc(Cn3ccnc3C3CC3)nn2)ccc1Cl. The van der Waals surface area contributed by atoms with Gasteiger partial charge in [0.25, 0.3) is 0 Å². The van der Waals surface area contributed by atoms with Crippen LogP contribution in [0.25, 0.3) is 5.69 Å². The van der Waals surface area contributed by atoms with Gasteiger partial charge in [0.2, 0.25) is 0 Å². The minimum atomic E-state index is -0.471. The topological polar surface area (TPSA) is 48.5 Å². The first-order chi connectivity index (χ1) is 10.7. The Morgan fingerprint density at radius 3 is 2.95 bits per heavy atom. The van der Waals surface area contributed by atoms with Gasteiger partial charge in [-0.1, -0.05) is 16.8 Å². The molecule has 1 fully saturated rings. The van der Waals surface area contributed by atoms with Crippen LogP contribution in [0.5, 0.6) is 0 Å². The number of rotatable bonds is 4. The summed E-state index contributed by atoms with van der Waals surface area (Å²) in [6, 6.07) is 4.55. The van der Waals surface area contributed by atoms with Crippen molar-refractivity contribution >= 4 is 11.6 Å². The van der Waals surface area contributed by atoms with Crippen molar-refractivity contribution in [3.63, 3.8) is 0 Å². The van der Waals surface area contributed by atoms with E-state index in [0.717, 1.165) is 11.5 Å². The first-order valence-electron chi connectivity index (χ1n) is 7.08. The minimum absolute atomic E-state index is 0.0941. The normalized spacial score (nSPS) is 14.5. The van der Waals surface area contributed by atoms with E-state index in [4.69, 9.17) is 11.6 Å². The van der Waals surface area contributed by atoms with Gasteiger partial charge >= 0.3 is 0 Å². The molecule has 0 radical (unpaired) electrons. The smallest absolute Gasteiger partial charge is 0.143 e. The van der Waals surface area contributed by atoms with Gasteiger partial charge in [0.1, 0.15) is 17.3 Å². The number of nitrogens with zero attached hydrogens (tertiary/aromatic N) is 5. The average Bonchev–Trinajstić information content (AvgIpc) is 3.07. The maximum absolute atomic E-state index is 13.5. The molecule has 0 amide bonds. The van der Waals surface area contributed by atoms with Crippen LogP contribution in [-0.2, 0) is 6.54 Å². The molecular formula is C15H13ClFN5. The molecule has 2 aromatic heterocycles. The highest BCUT2D eigenvalue weighted by atomic mass is 35.5. The molecule has 0 unspecified atom stereocenters. The number of hydrogen-bond acceptors (Lipinski definition) is 3. The van der Waals surface area contributed by atoms with Gasteiger partial charge in [0, 0.05) is 24.4 Å². The molecule has 3 aromatic rings. The third-order valence-electron chi connectivity index (χ3n) is 3.73. The number of benzene rings is 1. The lowest BCUT2D eigenvalue weighted by Gasteiger charge is -2.04. The molecular weight excluding hydrogens is 305 g/mol. The van der Waals surface area contributed by atoms with Crippen molar-refractivity contribution in [3.8, 4) is 5.69 Å². The standard InChI is InChI=1S/C15H13ClFN5/c16-13-4-3-12(7-14(13)17)22-9-11(19-20-22)8-21-6-5-18-15(21)10-1-2-10/h3-7,9-10H,1-2,8H2. The molecule has 0 aliphatic heterocycles. The summed E-state index contributed by atoms with van der Waals surface area (Å²) in [4.78, 5) is 4.40. The summed E-state index contributed by atoms with van der Waals surface area (Å²) in [7, 11) is 0. The van der Waals surface area contributed by atoms with E-state index in [-0.39, 0.29) is 5.02 Å². The number of imidazole rings is 1. The van der Waals surface area contributed by atoms with E-state index in [1.807, 2.05) is 12.4 Å². The first-order valence-corrected chi connectivity index (χ1v) is 7.46. The summed E-state index contributed by atoms with van der Waals surface area (Å²) in [5.41, 5.74) is 1.39. The van der Waals surface area contributed by atoms with Crippen LogP contribution in [0.4, 0.5) is 4.39 Å². The zero-order valence-corrected chi connectivity index (χ0v) is 12.4. The Balaban J connectivity index is 1.58. The lowest BCUT2D eigenvalue weighted by atomic mass is 10.3. The van der Waals surface area contributed by atoms with Gasteiger partial charge in [0.15, 0.2) is 0 Å². The zero-order valence-electron chi connectivity index (χ0n) is 11.7. The summed E-state index contributed by atoms with van der Waals surface area (Å²) >= 11 is 5.69. The quantitative estimate of drug-likeness (QED) is 0.742. The maximum Gasteiger partial charge on any atom is 0.143 e. The summed E-state index contributed by atoms with van der Waals surface area (Å²) in [6.07, 6.45) is 7.96. The van der Waals surface area contributed by atoms with Crippen molar-refractivity contribution in [1.82, 2.24) is 24.5 Å². The van der Waals surface area contributed by atoms with Crippen molar-refractivity contribution < 1.29 is 4.39 Å². The molecule has 0 N–H and O–H groups in total. The maximum atomic E-state index is 13.5. The molecule has 4 rings (SSSR count). The lowest BCUT2D eigenvalue weighted by Crippen LogP contribution is -2.03. The van der Waals surface area contributed by atoms with Crippen LogP contribution in [0.15, 0.2) is 36.8 Å². The third-order valence-corrected chi connectivity index (χ3v) is 4.04. The highest BCUT2D eigenvalue weighted by Gasteiger charge is 2.27. The molecule has 0 spiro atoms. The van der Waals surface area contributed by atoms with E-state index in [1.165, 1.54) is 25.0 Å². The van der Waals surface area contributed by atoms with Crippen molar-refractivity contribution in [2.75, 3.05) is 0 Å². The van der Waals surface area contributed by atoms with Gasteiger partial charge in [-0.25, -0.2) is 14.1 Å². The number of halogens is 2. The Morgan fingerprint density at radius 1 is 1.32 bits per heavy atom. The molecule has 1 aliphatic rings. The molecule has 1 aromatic carbocycles. The van der Waals surface area contributed by atoms with Crippen molar-refractivity contribution in [3.05, 3.63) is 59.1 Å². The van der Waals surface area contributed by atoms with Crippen LogP contribution < -0.4 is 0 Å². The Kier molecular flexibility index (Phi) is 3.18. The molecule has 1 aliphatic carbocycles. The largest absolute Gasteiger partial charge is 0.329 e. The minimum Gasteiger partial charge on any atom is -0.329 e. The summed E-state index contributed by atoms with van der Waals surface area (Å²) < 4.78 is 17.2. The Morgan fingerprint density at radius 2 is 2.18 bits per heavy atom. The second-order valence-corrected chi connectivity index (χ2v) is 5.85. The van der Waals surface area contributed by atoms with Crippen LogP contribution in [-0.4, -0.2) is 24.5 Å². The second-order valence-electron chi connectivity index (χ2n) is 5.44. The summed E-state index contributed by atoms with van der Waals surface area (Å²) in [5, 5.41) is 8.29. The molecule has 22 heavy (non-hydrogen) atoms. The first kappa shape index (κ1) is 13.5. The lowest BCUT2D eigenvalue weighted by molar-refractivity contribution is 0.625. The molecule has 0 bridgehead atoms. The van der Waals surface area contributed by atoms with Gasteiger partial charge in [-0.2, -0.15) is 0 Å². The van der Waals surface area contributed by atoms with Crippen LogP contribution in [0.2, 0.25) is 5.02 Å². The fraction of sp³-hybridized carbons (Fsp3) is 0.267. The highest BCUT2D eigenvalue weighted by molar-refractivity contribution is 6.30. The van der Waals surface area contributed by atoms with E-state index in [9.17, 15) is 4.39 Å². The van der Waals surface area contributed by atoms with E-state index in [1.54, 1.807) is 16.9 Å². The van der Waals surface area contributed by atoms with E-state index < -0.39 is 5.82 Å². The van der Waals surface area contributed by atoms with Crippen LogP contribution in [0.3, 0.4) is 0 Å². The fourth-order valence-electron chi connectivity index (χ4n) is 2.45. The van der Waals surface area contributed by atoms with Gasteiger partial charge in [-0.15, -0.1) is 5.10 Å². The van der Waals surface area contributed by atoms with Crippen LogP contribution in [0.1, 0.15) is 30.3 Å². The summed E-state index contributed by atoms with van der Waals surface area (Å²) in [6.45, 7) is 0.613. The summed E-state index contributed by atoms with van der Waals surface area (Å²) in [5.74, 6) is 1.21. The van der Waals surface area contributed by atoms with E-state index >= 15 is 0 Å². The molecule has 0 saturated heterocycles. The molecule has 1 saturated carbocycles. The third kappa shape index (κ3) is 2.50. The Bertz CT molecular complexity index is 821. The van der Waals surface area contributed by atoms with Crippen molar-refractivity contribution in [2.24, 2.45) is 0 Å². The van der Waals surface area contributed by atoms with E-state index in [2.05, 4.69) is 19.9 Å². The predicted molar refractivity (Wildman–Crippen MR) is 79.6 cm³/mol. The van der Waals surface area contributed by atoms with Gasteiger partial charge in [0.05, 0.1) is 23.5 Å². The second kappa shape index (κ2) is 5.21. The predicted octanol–water partition coefficient (Wildman–Crippen LogP) is 3.18. The van der Waals surface area contributed by atoms with Crippen molar-refractivity contribution in [1.29, 1.82) is 0 Å². The van der Waals surface area contributed by atoms with Crippen LogP contribution in [0, 0.1) is 5.82 Å². The van der Waals surface area contributed by atoms with Gasteiger partial charge in [-0.3, -0.25) is 0 Å². The molecule has 0 atom stereocenters. The molecule has 2 heterocycles. The van der Waals surface area contributed by atoms with Crippen molar-refractivity contribution in [2.45, 2.75) is 25.3 Å². The molecule has 112 valence electrons. The Hall–Kier alpha value is -2.21. The monoisotopic (exact) mass is 317 g/mol. The highest BCUT2D eigenvalue weighted by Crippen LogP contribution is 2.39. The number of hydrogen-bond donors (Lipinski definition) is 0. The number of aromatic nitrogens is 5. The fourth-order valence-corrected chi connectivity index (χ4v) is 2.57. The van der Waals surface area contributed by atoms with Gasteiger partial charge in [-0.05, 0) is 25.0 Å². The molecule has 5 nitrogen and oxygen atoms in total. The van der Waals surface area contributed by atoms with Gasteiger partial charge < -0.3 is 4.57 Å². The van der Waals surface area contributed by atoms with Crippen LogP contribution >= 0.6 is 11.6 Å². The zero-order chi connectivity index (χ0) is 15.1. The average molecular weight is 318 g/mol. The Labute approximate surface area is 131 Å².